The van der Waals surface area contributed by atoms with E-state index in [4.69, 9.17) is 21.1 Å². The molecule has 0 aliphatic carbocycles. The number of benzene rings is 2. The Morgan fingerprint density at radius 3 is 2.33 bits per heavy atom. The maximum atomic E-state index is 13.3. The first kappa shape index (κ1) is 25.4. The van der Waals surface area contributed by atoms with E-state index in [1.54, 1.807) is 24.5 Å². The Balaban J connectivity index is 1.61. The fraction of sp³-hybridized carbons (Fsp3) is 0.0769. The van der Waals surface area contributed by atoms with Gasteiger partial charge in [0.1, 0.15) is 17.3 Å². The molecule has 184 valence electrons. The number of methoxy groups -OCH3 is 2. The zero-order valence-electron chi connectivity index (χ0n) is 19.3. The van der Waals surface area contributed by atoms with E-state index in [0.29, 0.717) is 22.1 Å². The van der Waals surface area contributed by atoms with Crippen LogP contribution >= 0.6 is 22.9 Å². The number of pyridine rings is 1. The summed E-state index contributed by atoms with van der Waals surface area (Å²) >= 11 is 7.33. The van der Waals surface area contributed by atoms with E-state index in [9.17, 15) is 13.2 Å². The molecule has 36 heavy (non-hydrogen) atoms. The monoisotopic (exact) mass is 540 g/mol. The lowest BCUT2D eigenvalue weighted by atomic mass is 9.95. The number of carbonyl (C=O) groups is 1. The molecule has 10 heteroatoms. The summed E-state index contributed by atoms with van der Waals surface area (Å²) in [6.07, 6.45) is 1.34. The van der Waals surface area contributed by atoms with Crippen LogP contribution in [0, 0.1) is 0 Å². The Kier molecular flexibility index (Phi) is 7.44. The minimum atomic E-state index is -3.91. The molecule has 0 aliphatic rings. The molecule has 2 aromatic heterocycles. The molecule has 0 bridgehead atoms. The summed E-state index contributed by atoms with van der Waals surface area (Å²) in [6, 6.07) is 16.0. The lowest BCUT2D eigenvalue weighted by molar-refractivity contribution is 0.105. The van der Waals surface area contributed by atoms with Crippen LogP contribution in [-0.2, 0) is 10.0 Å². The molecular weight excluding hydrogens is 520 g/mol. The van der Waals surface area contributed by atoms with E-state index in [-0.39, 0.29) is 27.6 Å². The van der Waals surface area contributed by atoms with Gasteiger partial charge in [-0.25, -0.2) is 13.4 Å². The standard InChI is InChI=1S/C26H21ClN2O5S2/c1-16(20-13-21(24-5-4-12-35-24)23(34-3)14-22(20)33-2)26(30)17-6-9-19(10-7-17)36(31,32)29-25-11-8-18(27)15-28-25/h4-15H,1H2,2-3H3,(H,28,29). The van der Waals surface area contributed by atoms with Crippen molar-refractivity contribution in [2.75, 3.05) is 18.9 Å². The van der Waals surface area contributed by atoms with E-state index < -0.39 is 10.0 Å². The van der Waals surface area contributed by atoms with Crippen LogP contribution in [0.25, 0.3) is 16.0 Å². The third-order valence-corrected chi connectivity index (χ3v) is 7.80. The number of sulfonamides is 1. The number of thiophene rings is 1. The van der Waals surface area contributed by atoms with Gasteiger partial charge in [-0.05, 0) is 53.9 Å². The number of ketones is 1. The summed E-state index contributed by atoms with van der Waals surface area (Å²) in [7, 11) is -0.841. The van der Waals surface area contributed by atoms with Crippen LogP contribution in [0.15, 0.2) is 83.7 Å². The van der Waals surface area contributed by atoms with Crippen molar-refractivity contribution in [3.63, 3.8) is 0 Å². The number of aromatic nitrogens is 1. The van der Waals surface area contributed by atoms with Crippen LogP contribution in [0.3, 0.4) is 0 Å². The number of anilines is 1. The number of hydrogen-bond donors (Lipinski definition) is 1. The maximum Gasteiger partial charge on any atom is 0.263 e. The first-order chi connectivity index (χ1) is 17.2. The largest absolute Gasteiger partial charge is 0.496 e. The molecule has 4 rings (SSSR count). The minimum Gasteiger partial charge on any atom is -0.496 e. The highest BCUT2D eigenvalue weighted by atomic mass is 35.5. The highest BCUT2D eigenvalue weighted by molar-refractivity contribution is 7.92. The molecule has 0 saturated carbocycles. The van der Waals surface area contributed by atoms with Crippen molar-refractivity contribution in [3.05, 3.63) is 95.0 Å². The Morgan fingerprint density at radius 1 is 1.03 bits per heavy atom. The fourth-order valence-corrected chi connectivity index (χ4v) is 5.34. The van der Waals surface area contributed by atoms with Gasteiger partial charge in [-0.15, -0.1) is 11.3 Å². The van der Waals surface area contributed by atoms with Gasteiger partial charge in [0.05, 0.1) is 24.1 Å². The van der Waals surface area contributed by atoms with E-state index >= 15 is 0 Å². The Hall–Kier alpha value is -3.66. The summed E-state index contributed by atoms with van der Waals surface area (Å²) in [5.41, 5.74) is 1.80. The number of ether oxygens (including phenoxy) is 2. The summed E-state index contributed by atoms with van der Waals surface area (Å²) in [5.74, 6) is 0.799. The second kappa shape index (κ2) is 10.5. The van der Waals surface area contributed by atoms with Crippen LogP contribution in [0.2, 0.25) is 5.02 Å². The molecule has 0 radical (unpaired) electrons. The molecule has 4 aromatic rings. The molecule has 7 nitrogen and oxygen atoms in total. The molecule has 0 unspecified atom stereocenters. The van der Waals surface area contributed by atoms with Crippen LogP contribution in [0.5, 0.6) is 11.5 Å². The molecule has 0 atom stereocenters. The molecule has 2 heterocycles. The van der Waals surface area contributed by atoms with Crippen molar-refractivity contribution in [2.24, 2.45) is 0 Å². The van der Waals surface area contributed by atoms with E-state index in [2.05, 4.69) is 16.3 Å². The summed E-state index contributed by atoms with van der Waals surface area (Å²) < 4.78 is 38.8. The van der Waals surface area contributed by atoms with Crippen LogP contribution < -0.4 is 14.2 Å². The normalized spacial score (nSPS) is 11.1. The fourth-order valence-electron chi connectivity index (χ4n) is 3.47. The second-order valence-corrected chi connectivity index (χ2v) is 10.6. The van der Waals surface area contributed by atoms with Crippen LogP contribution in [0.1, 0.15) is 15.9 Å². The molecule has 0 spiro atoms. The van der Waals surface area contributed by atoms with Crippen molar-refractivity contribution in [2.45, 2.75) is 4.90 Å². The molecule has 0 fully saturated rings. The van der Waals surface area contributed by atoms with Gasteiger partial charge in [0, 0.05) is 39.4 Å². The summed E-state index contributed by atoms with van der Waals surface area (Å²) in [5, 5.41) is 2.34. The lowest BCUT2D eigenvalue weighted by Gasteiger charge is -2.15. The average molecular weight is 541 g/mol. The SMILES string of the molecule is C=C(C(=O)c1ccc(S(=O)(=O)Nc2ccc(Cl)cn2)cc1)c1cc(-c2cccs2)c(OC)cc1OC. The molecule has 1 N–H and O–H groups in total. The van der Waals surface area contributed by atoms with Gasteiger partial charge < -0.3 is 9.47 Å². The van der Waals surface area contributed by atoms with Gasteiger partial charge in [0.2, 0.25) is 0 Å². The first-order valence-corrected chi connectivity index (χ1v) is 13.3. The highest BCUT2D eigenvalue weighted by Crippen LogP contribution is 2.40. The Morgan fingerprint density at radius 2 is 1.75 bits per heavy atom. The third kappa shape index (κ3) is 5.28. The number of halogens is 1. The van der Waals surface area contributed by atoms with E-state index in [1.165, 1.54) is 49.7 Å². The van der Waals surface area contributed by atoms with Crippen molar-refractivity contribution in [3.8, 4) is 21.9 Å². The Bertz CT molecular complexity index is 1520. The number of rotatable bonds is 9. The number of nitrogens with zero attached hydrogens (tertiary/aromatic N) is 1. The predicted octanol–water partition coefficient (Wildman–Crippen LogP) is 6.18. The Labute approximate surface area is 218 Å². The number of nitrogens with one attached hydrogen (secondary N) is 1. The number of Topliss-reactive ketones (excluding diaryl/α,β-unsaturated/α-hetero) is 1. The number of carbonyl (C=O) groups excluding carboxylic acids is 1. The van der Waals surface area contributed by atoms with Crippen molar-refractivity contribution in [1.29, 1.82) is 0 Å². The predicted molar refractivity (Wildman–Crippen MR) is 143 cm³/mol. The zero-order valence-corrected chi connectivity index (χ0v) is 21.7. The van der Waals surface area contributed by atoms with Gasteiger partial charge >= 0.3 is 0 Å². The molecule has 0 saturated heterocycles. The van der Waals surface area contributed by atoms with Gasteiger partial charge in [0.15, 0.2) is 5.78 Å². The molecule has 2 aromatic carbocycles. The van der Waals surface area contributed by atoms with Crippen LogP contribution in [-0.4, -0.2) is 33.4 Å². The molecule has 0 aliphatic heterocycles. The third-order valence-electron chi connectivity index (χ3n) is 5.30. The van der Waals surface area contributed by atoms with Gasteiger partial charge in [-0.2, -0.15) is 0 Å². The highest BCUT2D eigenvalue weighted by Gasteiger charge is 2.21. The quantitative estimate of drug-likeness (QED) is 0.201. The van der Waals surface area contributed by atoms with Crippen molar-refractivity contribution < 1.29 is 22.7 Å². The van der Waals surface area contributed by atoms with Crippen molar-refractivity contribution >= 4 is 50.1 Å². The number of hydrogen-bond acceptors (Lipinski definition) is 7. The van der Waals surface area contributed by atoms with E-state index in [0.717, 1.165) is 10.4 Å². The van der Waals surface area contributed by atoms with Crippen molar-refractivity contribution in [1.82, 2.24) is 4.98 Å². The topological polar surface area (TPSA) is 94.6 Å². The van der Waals surface area contributed by atoms with Gasteiger partial charge in [0.25, 0.3) is 10.0 Å². The summed E-state index contributed by atoms with van der Waals surface area (Å²) in [6.45, 7) is 4.01. The van der Waals surface area contributed by atoms with Crippen LogP contribution in [0.4, 0.5) is 5.82 Å². The first-order valence-electron chi connectivity index (χ1n) is 10.5. The smallest absolute Gasteiger partial charge is 0.263 e. The molecule has 0 amide bonds. The lowest BCUT2D eigenvalue weighted by Crippen LogP contribution is -2.14. The average Bonchev–Trinajstić information content (AvgIpc) is 3.43. The zero-order chi connectivity index (χ0) is 25.9. The second-order valence-electron chi connectivity index (χ2n) is 7.53. The maximum absolute atomic E-state index is 13.3. The minimum absolute atomic E-state index is 0.0246. The van der Waals surface area contributed by atoms with Gasteiger partial charge in [-0.1, -0.05) is 24.2 Å². The van der Waals surface area contributed by atoms with E-state index in [1.807, 2.05) is 23.6 Å². The number of allylic oxidation sites excluding steroid dienone is 1. The van der Waals surface area contributed by atoms with Gasteiger partial charge in [-0.3, -0.25) is 9.52 Å². The summed E-state index contributed by atoms with van der Waals surface area (Å²) in [4.78, 5) is 18.2. The molecular formula is C26H21ClN2O5S2.